The molecule has 0 heterocycles. The summed E-state index contributed by atoms with van der Waals surface area (Å²) >= 11 is 0. The third kappa shape index (κ3) is 3.97. The van der Waals surface area contributed by atoms with Gasteiger partial charge in [-0.3, -0.25) is 0 Å². The monoisotopic (exact) mass is 232 g/mol. The molecule has 17 heavy (non-hydrogen) atoms. The lowest BCUT2D eigenvalue weighted by Gasteiger charge is -2.03. The number of carbonyl (C=O) groups excluding carboxylic acids is 1. The van der Waals surface area contributed by atoms with Crippen LogP contribution in [0.4, 0.5) is 4.79 Å². The van der Waals surface area contributed by atoms with Gasteiger partial charge < -0.3 is 15.6 Å². The number of amides is 1. The number of primary amides is 1. The van der Waals surface area contributed by atoms with Crippen molar-refractivity contribution in [1.82, 2.24) is 0 Å². The van der Waals surface area contributed by atoms with E-state index in [1.807, 2.05) is 6.07 Å². The fourth-order valence-corrected chi connectivity index (χ4v) is 1.25. The van der Waals surface area contributed by atoms with E-state index in [0.29, 0.717) is 17.5 Å². The van der Waals surface area contributed by atoms with Gasteiger partial charge in [-0.1, -0.05) is 12.2 Å². The average Bonchev–Trinajstić information content (AvgIpc) is 2.29. The Bertz CT molecular complexity index is 475. The van der Waals surface area contributed by atoms with E-state index in [1.165, 1.54) is 18.2 Å². The van der Waals surface area contributed by atoms with E-state index in [1.54, 1.807) is 12.2 Å². The molecule has 0 atom stereocenters. The summed E-state index contributed by atoms with van der Waals surface area (Å²) in [5.74, 6) is 0.278. The second-order valence-corrected chi connectivity index (χ2v) is 3.20. The third-order valence-electron chi connectivity index (χ3n) is 1.96. The van der Waals surface area contributed by atoms with Crippen molar-refractivity contribution >= 4 is 12.2 Å². The zero-order chi connectivity index (χ0) is 12.7. The maximum atomic E-state index is 10.6. The smallest absolute Gasteiger partial charge is 0.409 e. The number of benzene rings is 1. The first-order valence-electron chi connectivity index (χ1n) is 4.96. The molecular formula is C12H12N2O3. The van der Waals surface area contributed by atoms with E-state index >= 15 is 0 Å². The number of hydrogen-bond acceptors (Lipinski definition) is 4. The van der Waals surface area contributed by atoms with E-state index < -0.39 is 6.09 Å². The lowest BCUT2D eigenvalue weighted by atomic mass is 10.1. The molecule has 0 bridgehead atoms. The standard InChI is InChI=1S/C12H12N2O3/c13-8-10-4-5-11(17-12(14)16)7-9(10)3-1-2-6-15/h1,3-5,7,15H,2,6H2,(H2,14,16). The molecule has 1 aromatic rings. The summed E-state index contributed by atoms with van der Waals surface area (Å²) in [4.78, 5) is 10.6. The normalized spacial score (nSPS) is 10.1. The van der Waals surface area contributed by atoms with E-state index in [0.717, 1.165) is 0 Å². The predicted octanol–water partition coefficient (Wildman–Crippen LogP) is 1.41. The minimum Gasteiger partial charge on any atom is -0.410 e. The topological polar surface area (TPSA) is 96.3 Å². The zero-order valence-corrected chi connectivity index (χ0v) is 9.09. The van der Waals surface area contributed by atoms with Crippen molar-refractivity contribution in [2.24, 2.45) is 5.73 Å². The lowest BCUT2D eigenvalue weighted by Crippen LogP contribution is -2.16. The van der Waals surface area contributed by atoms with E-state index in [2.05, 4.69) is 0 Å². The van der Waals surface area contributed by atoms with Gasteiger partial charge in [-0.15, -0.1) is 0 Å². The van der Waals surface area contributed by atoms with Crippen molar-refractivity contribution in [2.75, 3.05) is 6.61 Å². The van der Waals surface area contributed by atoms with Gasteiger partial charge in [-0.25, -0.2) is 4.79 Å². The van der Waals surface area contributed by atoms with Crippen LogP contribution in [0.3, 0.4) is 0 Å². The average molecular weight is 232 g/mol. The number of hydrogen-bond donors (Lipinski definition) is 2. The molecular weight excluding hydrogens is 220 g/mol. The number of ether oxygens (including phenoxy) is 1. The maximum absolute atomic E-state index is 10.6. The first kappa shape index (κ1) is 12.7. The predicted molar refractivity (Wildman–Crippen MR) is 62.1 cm³/mol. The molecule has 0 saturated heterocycles. The Morgan fingerprint density at radius 2 is 2.35 bits per heavy atom. The van der Waals surface area contributed by atoms with Gasteiger partial charge >= 0.3 is 6.09 Å². The first-order valence-corrected chi connectivity index (χ1v) is 4.96. The highest BCUT2D eigenvalue weighted by molar-refractivity contribution is 5.69. The van der Waals surface area contributed by atoms with E-state index in [4.69, 9.17) is 20.8 Å². The van der Waals surface area contributed by atoms with Crippen LogP contribution in [0.25, 0.3) is 6.08 Å². The van der Waals surface area contributed by atoms with Crippen LogP contribution in [0.5, 0.6) is 5.75 Å². The second-order valence-electron chi connectivity index (χ2n) is 3.20. The molecule has 0 unspecified atom stereocenters. The molecule has 3 N–H and O–H groups in total. The van der Waals surface area contributed by atoms with Crippen molar-refractivity contribution < 1.29 is 14.6 Å². The number of aliphatic hydroxyl groups excluding tert-OH is 1. The molecule has 5 heteroatoms. The molecule has 5 nitrogen and oxygen atoms in total. The summed E-state index contributed by atoms with van der Waals surface area (Å²) in [7, 11) is 0. The number of nitriles is 1. The molecule has 0 spiro atoms. The molecule has 0 aliphatic rings. The zero-order valence-electron chi connectivity index (χ0n) is 9.09. The SMILES string of the molecule is N#Cc1ccc(OC(N)=O)cc1C=CCCO. The molecule has 0 aliphatic heterocycles. The molecule has 0 radical (unpaired) electrons. The van der Waals surface area contributed by atoms with Crippen molar-refractivity contribution in [1.29, 1.82) is 5.26 Å². The van der Waals surface area contributed by atoms with Gasteiger partial charge in [0.2, 0.25) is 0 Å². The van der Waals surface area contributed by atoms with Crippen molar-refractivity contribution in [3.05, 3.63) is 35.4 Å². The van der Waals surface area contributed by atoms with Crippen molar-refractivity contribution in [3.8, 4) is 11.8 Å². The van der Waals surface area contributed by atoms with Crippen LogP contribution in [0, 0.1) is 11.3 Å². The minimum absolute atomic E-state index is 0.0376. The van der Waals surface area contributed by atoms with Crippen LogP contribution in [-0.2, 0) is 0 Å². The molecule has 1 rings (SSSR count). The van der Waals surface area contributed by atoms with Crippen LogP contribution in [0.2, 0.25) is 0 Å². The van der Waals surface area contributed by atoms with Crippen LogP contribution < -0.4 is 10.5 Å². The lowest BCUT2D eigenvalue weighted by molar-refractivity contribution is 0.211. The molecule has 1 aromatic carbocycles. The van der Waals surface area contributed by atoms with Gasteiger partial charge in [0, 0.05) is 6.61 Å². The molecule has 0 aromatic heterocycles. The van der Waals surface area contributed by atoms with Gasteiger partial charge in [0.1, 0.15) is 5.75 Å². The van der Waals surface area contributed by atoms with Crippen LogP contribution in [0.15, 0.2) is 24.3 Å². The number of nitrogens with two attached hydrogens (primary N) is 1. The molecule has 1 amide bonds. The highest BCUT2D eigenvalue weighted by Crippen LogP contribution is 2.19. The Balaban J connectivity index is 2.98. The summed E-state index contributed by atoms with van der Waals surface area (Å²) in [5, 5.41) is 17.5. The summed E-state index contributed by atoms with van der Waals surface area (Å²) < 4.78 is 4.71. The fourth-order valence-electron chi connectivity index (χ4n) is 1.25. The van der Waals surface area contributed by atoms with Crippen LogP contribution in [0.1, 0.15) is 17.5 Å². The molecule has 0 saturated carbocycles. The van der Waals surface area contributed by atoms with Gasteiger partial charge in [0.05, 0.1) is 11.6 Å². The van der Waals surface area contributed by atoms with Gasteiger partial charge in [-0.05, 0) is 30.2 Å². The quantitative estimate of drug-likeness (QED) is 0.820. The highest BCUT2D eigenvalue weighted by atomic mass is 16.5. The van der Waals surface area contributed by atoms with Crippen molar-refractivity contribution in [2.45, 2.75) is 6.42 Å². The molecule has 88 valence electrons. The van der Waals surface area contributed by atoms with Gasteiger partial charge in [-0.2, -0.15) is 5.26 Å². The summed E-state index contributed by atoms with van der Waals surface area (Å²) in [6.45, 7) is 0.0376. The van der Waals surface area contributed by atoms with E-state index in [-0.39, 0.29) is 12.4 Å². The summed E-state index contributed by atoms with van der Waals surface area (Å²) in [5.41, 5.74) is 5.95. The largest absolute Gasteiger partial charge is 0.410 e. The Kier molecular flexibility index (Phi) is 4.73. The van der Waals surface area contributed by atoms with Gasteiger partial charge in [0.15, 0.2) is 0 Å². The summed E-state index contributed by atoms with van der Waals surface area (Å²) in [6.07, 6.45) is 3.00. The molecule has 0 aliphatic carbocycles. The minimum atomic E-state index is -0.903. The van der Waals surface area contributed by atoms with Crippen LogP contribution in [-0.4, -0.2) is 17.8 Å². The number of rotatable bonds is 4. The number of nitrogens with zero attached hydrogens (tertiary/aromatic N) is 1. The Morgan fingerprint density at radius 3 is 2.94 bits per heavy atom. The Morgan fingerprint density at radius 1 is 1.59 bits per heavy atom. The Labute approximate surface area is 98.7 Å². The van der Waals surface area contributed by atoms with Crippen LogP contribution >= 0.6 is 0 Å². The van der Waals surface area contributed by atoms with E-state index in [9.17, 15) is 4.79 Å². The fraction of sp³-hybridized carbons (Fsp3) is 0.167. The van der Waals surface area contributed by atoms with Gasteiger partial charge in [0.25, 0.3) is 0 Å². The maximum Gasteiger partial charge on any atom is 0.409 e. The number of carbonyl (C=O) groups is 1. The second kappa shape index (κ2) is 6.30. The highest BCUT2D eigenvalue weighted by Gasteiger charge is 2.03. The Hall–Kier alpha value is -2.32. The number of aliphatic hydroxyl groups is 1. The summed E-state index contributed by atoms with van der Waals surface area (Å²) in [6, 6.07) is 6.59. The molecule has 0 fully saturated rings. The first-order chi connectivity index (χ1) is 8.17. The van der Waals surface area contributed by atoms with Crippen molar-refractivity contribution in [3.63, 3.8) is 0 Å². The third-order valence-corrected chi connectivity index (χ3v) is 1.96.